The maximum Gasteiger partial charge on any atom is 0.0492 e. The zero-order chi connectivity index (χ0) is 10.7. The molecule has 1 N–H and O–H groups in total. The fourth-order valence-electron chi connectivity index (χ4n) is 2.22. The minimum absolute atomic E-state index is 0.761. The van der Waals surface area contributed by atoms with E-state index in [1.807, 2.05) is 6.20 Å². The molecule has 1 aliphatic rings. The Morgan fingerprint density at radius 1 is 1.53 bits per heavy atom. The van der Waals surface area contributed by atoms with Crippen molar-refractivity contribution in [2.24, 2.45) is 5.92 Å². The topological polar surface area (TPSA) is 29.9 Å². The van der Waals surface area contributed by atoms with E-state index in [0.29, 0.717) is 0 Å². The van der Waals surface area contributed by atoms with Gasteiger partial charge in [0, 0.05) is 24.4 Å². The van der Waals surface area contributed by atoms with Crippen molar-refractivity contribution in [1.82, 2.24) is 15.1 Å². The van der Waals surface area contributed by atoms with Crippen LogP contribution >= 0.6 is 0 Å². The van der Waals surface area contributed by atoms with Crippen LogP contribution in [0.2, 0.25) is 0 Å². The van der Waals surface area contributed by atoms with Crippen LogP contribution in [-0.2, 0) is 6.54 Å². The molecule has 1 fully saturated rings. The number of rotatable bonds is 6. The van der Waals surface area contributed by atoms with Crippen molar-refractivity contribution in [2.75, 3.05) is 13.1 Å². The Bertz CT molecular complexity index is 306. The fraction of sp³-hybridized carbons (Fsp3) is 0.750. The van der Waals surface area contributed by atoms with Gasteiger partial charge in [-0.1, -0.05) is 6.92 Å². The lowest BCUT2D eigenvalue weighted by atomic mass is 10.2. The summed E-state index contributed by atoms with van der Waals surface area (Å²) in [6.07, 6.45) is 4.49. The predicted octanol–water partition coefficient (Wildman–Crippen LogP) is 2.01. The van der Waals surface area contributed by atoms with E-state index in [1.165, 1.54) is 25.1 Å². The van der Waals surface area contributed by atoms with Crippen molar-refractivity contribution in [1.29, 1.82) is 0 Å². The highest BCUT2D eigenvalue weighted by molar-refractivity contribution is 5.17. The summed E-state index contributed by atoms with van der Waals surface area (Å²) in [6.45, 7) is 7.68. The van der Waals surface area contributed by atoms with Crippen LogP contribution in [0.4, 0.5) is 0 Å². The minimum Gasteiger partial charge on any atom is -0.316 e. The highest BCUT2D eigenvalue weighted by Gasteiger charge is 2.39. The summed E-state index contributed by atoms with van der Waals surface area (Å²) in [7, 11) is 0. The molecule has 15 heavy (non-hydrogen) atoms. The maximum absolute atomic E-state index is 4.32. The normalized spacial score (nSPS) is 24.4. The van der Waals surface area contributed by atoms with Gasteiger partial charge in [0.25, 0.3) is 0 Å². The van der Waals surface area contributed by atoms with Crippen LogP contribution in [0.3, 0.4) is 0 Å². The Hall–Kier alpha value is -0.830. The second kappa shape index (κ2) is 4.79. The van der Waals surface area contributed by atoms with Gasteiger partial charge in [0.2, 0.25) is 0 Å². The second-order valence-electron chi connectivity index (χ2n) is 4.38. The monoisotopic (exact) mass is 207 g/mol. The van der Waals surface area contributed by atoms with E-state index in [1.54, 1.807) is 0 Å². The lowest BCUT2D eigenvalue weighted by Crippen LogP contribution is -2.18. The Kier molecular flexibility index (Phi) is 3.41. The van der Waals surface area contributed by atoms with Crippen molar-refractivity contribution in [2.45, 2.75) is 39.2 Å². The lowest BCUT2D eigenvalue weighted by molar-refractivity contribution is 0.588. The van der Waals surface area contributed by atoms with Gasteiger partial charge in [-0.3, -0.25) is 4.68 Å². The number of nitrogens with one attached hydrogen (secondary N) is 1. The minimum atomic E-state index is 0.761. The van der Waals surface area contributed by atoms with Crippen LogP contribution < -0.4 is 5.32 Å². The van der Waals surface area contributed by atoms with Gasteiger partial charge in [0.15, 0.2) is 0 Å². The van der Waals surface area contributed by atoms with E-state index in [-0.39, 0.29) is 0 Å². The molecular weight excluding hydrogens is 186 g/mol. The first-order chi connectivity index (χ1) is 7.36. The van der Waals surface area contributed by atoms with Crippen LogP contribution in [0.25, 0.3) is 0 Å². The summed E-state index contributed by atoms with van der Waals surface area (Å²) >= 11 is 0. The number of hydrogen-bond donors (Lipinski definition) is 1. The molecule has 2 atom stereocenters. The van der Waals surface area contributed by atoms with Crippen LogP contribution in [-0.4, -0.2) is 22.9 Å². The molecule has 2 rings (SSSR count). The molecule has 2 unspecified atom stereocenters. The molecular formula is C12H21N3. The van der Waals surface area contributed by atoms with E-state index < -0.39 is 0 Å². The van der Waals surface area contributed by atoms with Crippen molar-refractivity contribution in [3.8, 4) is 0 Å². The highest BCUT2D eigenvalue weighted by Crippen LogP contribution is 2.46. The third kappa shape index (κ3) is 2.40. The average Bonchev–Trinajstić information content (AvgIpc) is 2.86. The zero-order valence-electron chi connectivity index (χ0n) is 9.74. The number of nitrogens with zero attached hydrogens (tertiary/aromatic N) is 2. The van der Waals surface area contributed by atoms with E-state index in [0.717, 1.165) is 24.9 Å². The Balaban J connectivity index is 1.82. The summed E-state index contributed by atoms with van der Waals surface area (Å²) in [5, 5.41) is 7.82. The SMILES string of the molecule is CCCNCC1CC1c1ccnn1CC. The molecule has 0 aliphatic heterocycles. The quantitative estimate of drug-likeness (QED) is 0.723. The van der Waals surface area contributed by atoms with E-state index in [9.17, 15) is 0 Å². The summed E-state index contributed by atoms with van der Waals surface area (Å²) < 4.78 is 2.13. The number of aryl methyl sites for hydroxylation is 1. The zero-order valence-corrected chi connectivity index (χ0v) is 9.74. The average molecular weight is 207 g/mol. The number of aromatic nitrogens is 2. The summed E-state index contributed by atoms with van der Waals surface area (Å²) in [6, 6.07) is 2.17. The first-order valence-electron chi connectivity index (χ1n) is 6.09. The summed E-state index contributed by atoms with van der Waals surface area (Å²) in [5.74, 6) is 1.61. The first-order valence-corrected chi connectivity index (χ1v) is 6.09. The molecule has 0 saturated heterocycles. The fourth-order valence-corrected chi connectivity index (χ4v) is 2.22. The van der Waals surface area contributed by atoms with Crippen LogP contribution in [0.15, 0.2) is 12.3 Å². The Morgan fingerprint density at radius 3 is 3.13 bits per heavy atom. The smallest absolute Gasteiger partial charge is 0.0492 e. The largest absolute Gasteiger partial charge is 0.316 e. The van der Waals surface area contributed by atoms with Gasteiger partial charge in [-0.15, -0.1) is 0 Å². The Labute approximate surface area is 91.9 Å². The van der Waals surface area contributed by atoms with Crippen molar-refractivity contribution in [3.63, 3.8) is 0 Å². The van der Waals surface area contributed by atoms with Gasteiger partial charge in [-0.2, -0.15) is 5.10 Å². The van der Waals surface area contributed by atoms with Gasteiger partial charge in [-0.25, -0.2) is 0 Å². The molecule has 84 valence electrons. The van der Waals surface area contributed by atoms with Crippen molar-refractivity contribution >= 4 is 0 Å². The standard InChI is InChI=1S/C12H21N3/c1-3-6-13-9-10-8-11(10)12-5-7-14-15(12)4-2/h5,7,10-11,13H,3-4,6,8-9H2,1-2H3. The maximum atomic E-state index is 4.32. The summed E-state index contributed by atoms with van der Waals surface area (Å²) in [5.41, 5.74) is 1.43. The third-order valence-electron chi connectivity index (χ3n) is 3.18. The molecule has 0 spiro atoms. The molecule has 1 aliphatic carbocycles. The molecule has 1 aromatic rings. The molecule has 3 heteroatoms. The highest BCUT2D eigenvalue weighted by atomic mass is 15.3. The van der Waals surface area contributed by atoms with Crippen molar-refractivity contribution in [3.05, 3.63) is 18.0 Å². The molecule has 3 nitrogen and oxygen atoms in total. The molecule has 0 bridgehead atoms. The van der Waals surface area contributed by atoms with Crippen LogP contribution in [0.1, 0.15) is 38.3 Å². The predicted molar refractivity (Wildman–Crippen MR) is 61.9 cm³/mol. The van der Waals surface area contributed by atoms with E-state index >= 15 is 0 Å². The first kappa shape index (κ1) is 10.7. The van der Waals surface area contributed by atoms with E-state index in [2.05, 4.69) is 35.0 Å². The molecule has 0 amide bonds. The molecule has 0 aromatic carbocycles. The van der Waals surface area contributed by atoms with Gasteiger partial charge >= 0.3 is 0 Å². The van der Waals surface area contributed by atoms with Gasteiger partial charge in [0.05, 0.1) is 0 Å². The number of hydrogen-bond acceptors (Lipinski definition) is 2. The van der Waals surface area contributed by atoms with Crippen molar-refractivity contribution < 1.29 is 0 Å². The van der Waals surface area contributed by atoms with Gasteiger partial charge < -0.3 is 5.32 Å². The second-order valence-corrected chi connectivity index (χ2v) is 4.38. The van der Waals surface area contributed by atoms with Gasteiger partial charge in [0.1, 0.15) is 0 Å². The molecule has 1 heterocycles. The van der Waals surface area contributed by atoms with Crippen LogP contribution in [0.5, 0.6) is 0 Å². The molecule has 1 aromatic heterocycles. The van der Waals surface area contributed by atoms with E-state index in [4.69, 9.17) is 0 Å². The summed E-state index contributed by atoms with van der Waals surface area (Å²) in [4.78, 5) is 0. The lowest BCUT2D eigenvalue weighted by Gasteiger charge is -2.04. The third-order valence-corrected chi connectivity index (χ3v) is 3.18. The molecule has 1 saturated carbocycles. The van der Waals surface area contributed by atoms with Crippen LogP contribution in [0, 0.1) is 5.92 Å². The molecule has 0 radical (unpaired) electrons. The Morgan fingerprint density at radius 2 is 2.40 bits per heavy atom. The van der Waals surface area contributed by atoms with Gasteiger partial charge in [-0.05, 0) is 44.8 Å².